The molecular formula is C13H13N7S. The fraction of sp³-hybridized carbons (Fsp3) is 0.231. The third-order valence-corrected chi connectivity index (χ3v) is 4.08. The molecule has 0 atom stereocenters. The second-order valence-electron chi connectivity index (χ2n) is 4.40. The molecule has 106 valence electrons. The first kappa shape index (κ1) is 13.6. The SMILES string of the molecule is N#Cc1c(CSc2nnnn2CCN)cn2ccccc12. The minimum Gasteiger partial charge on any atom is -0.329 e. The van der Waals surface area contributed by atoms with Gasteiger partial charge in [0.15, 0.2) is 0 Å². The van der Waals surface area contributed by atoms with Crippen molar-refractivity contribution in [2.75, 3.05) is 6.54 Å². The molecule has 0 amide bonds. The molecule has 0 spiro atoms. The van der Waals surface area contributed by atoms with Gasteiger partial charge in [-0.2, -0.15) is 5.26 Å². The summed E-state index contributed by atoms with van der Waals surface area (Å²) in [5, 5.41) is 21.6. The van der Waals surface area contributed by atoms with Crippen molar-refractivity contribution in [1.82, 2.24) is 24.6 Å². The number of nitrogens with two attached hydrogens (primary N) is 1. The Balaban J connectivity index is 1.85. The van der Waals surface area contributed by atoms with Crippen molar-refractivity contribution in [2.24, 2.45) is 5.73 Å². The van der Waals surface area contributed by atoms with Gasteiger partial charge in [-0.15, -0.1) is 5.10 Å². The van der Waals surface area contributed by atoms with Crippen molar-refractivity contribution in [3.05, 3.63) is 41.7 Å². The molecule has 3 rings (SSSR count). The van der Waals surface area contributed by atoms with Crippen LogP contribution in [0, 0.1) is 11.3 Å². The summed E-state index contributed by atoms with van der Waals surface area (Å²) in [6, 6.07) is 8.07. The summed E-state index contributed by atoms with van der Waals surface area (Å²) in [6.07, 6.45) is 3.90. The molecule has 0 aliphatic heterocycles. The summed E-state index contributed by atoms with van der Waals surface area (Å²) >= 11 is 1.50. The van der Waals surface area contributed by atoms with E-state index in [0.717, 1.165) is 11.1 Å². The summed E-state index contributed by atoms with van der Waals surface area (Å²) < 4.78 is 3.63. The molecule has 21 heavy (non-hydrogen) atoms. The fourth-order valence-electron chi connectivity index (χ4n) is 2.12. The van der Waals surface area contributed by atoms with E-state index in [4.69, 9.17) is 5.73 Å². The zero-order valence-corrected chi connectivity index (χ0v) is 12.0. The topological polar surface area (TPSA) is 97.8 Å². The molecule has 8 heteroatoms. The van der Waals surface area contributed by atoms with E-state index in [2.05, 4.69) is 21.6 Å². The van der Waals surface area contributed by atoms with Crippen LogP contribution in [-0.2, 0) is 12.3 Å². The summed E-state index contributed by atoms with van der Waals surface area (Å²) in [4.78, 5) is 0. The molecule has 7 nitrogen and oxygen atoms in total. The first-order valence-electron chi connectivity index (χ1n) is 6.41. The van der Waals surface area contributed by atoms with Crippen LogP contribution >= 0.6 is 11.8 Å². The van der Waals surface area contributed by atoms with Crippen LogP contribution in [0.15, 0.2) is 35.7 Å². The van der Waals surface area contributed by atoms with Crippen LogP contribution in [0.3, 0.4) is 0 Å². The molecule has 2 N–H and O–H groups in total. The van der Waals surface area contributed by atoms with Gasteiger partial charge in [0.1, 0.15) is 6.07 Å². The summed E-state index contributed by atoms with van der Waals surface area (Å²) in [5.74, 6) is 0.634. The largest absolute Gasteiger partial charge is 0.329 e. The highest BCUT2D eigenvalue weighted by Crippen LogP contribution is 2.25. The molecule has 0 aliphatic rings. The third-order valence-electron chi connectivity index (χ3n) is 3.07. The third kappa shape index (κ3) is 2.61. The number of thioether (sulfide) groups is 1. The minimum absolute atomic E-state index is 0.484. The Morgan fingerprint density at radius 3 is 3.10 bits per heavy atom. The van der Waals surface area contributed by atoms with Gasteiger partial charge in [-0.3, -0.25) is 0 Å². The Bertz CT molecular complexity index is 798. The summed E-state index contributed by atoms with van der Waals surface area (Å²) in [5.41, 5.74) is 8.10. The molecular weight excluding hydrogens is 286 g/mol. The number of tetrazole rings is 1. The lowest BCUT2D eigenvalue weighted by molar-refractivity contribution is 0.557. The average Bonchev–Trinajstić information content (AvgIpc) is 3.08. The maximum atomic E-state index is 9.37. The molecule has 3 aromatic heterocycles. The summed E-state index contributed by atoms with van der Waals surface area (Å²) in [6.45, 7) is 1.07. The van der Waals surface area contributed by atoms with Crippen molar-refractivity contribution in [1.29, 1.82) is 5.26 Å². The summed E-state index contributed by atoms with van der Waals surface area (Å²) in [7, 11) is 0. The number of hydrogen-bond donors (Lipinski definition) is 1. The van der Waals surface area contributed by atoms with Crippen molar-refractivity contribution in [3.63, 3.8) is 0 Å². The van der Waals surface area contributed by atoms with Gasteiger partial charge < -0.3 is 10.1 Å². The number of nitriles is 1. The van der Waals surface area contributed by atoms with E-state index in [1.54, 1.807) is 4.68 Å². The zero-order chi connectivity index (χ0) is 14.7. The van der Waals surface area contributed by atoms with Crippen LogP contribution in [0.1, 0.15) is 11.1 Å². The number of fused-ring (bicyclic) bond motifs is 1. The van der Waals surface area contributed by atoms with E-state index in [9.17, 15) is 5.26 Å². The van der Waals surface area contributed by atoms with Gasteiger partial charge in [0.2, 0.25) is 5.16 Å². The molecule has 3 aromatic rings. The molecule has 0 bridgehead atoms. The van der Waals surface area contributed by atoms with Crippen molar-refractivity contribution < 1.29 is 0 Å². The zero-order valence-electron chi connectivity index (χ0n) is 11.2. The van der Waals surface area contributed by atoms with Gasteiger partial charge >= 0.3 is 0 Å². The molecule has 0 radical (unpaired) electrons. The fourth-order valence-corrected chi connectivity index (χ4v) is 3.00. The second kappa shape index (κ2) is 5.95. The van der Waals surface area contributed by atoms with Gasteiger partial charge in [0.05, 0.1) is 17.6 Å². The Hall–Kier alpha value is -2.37. The number of rotatable bonds is 5. The Morgan fingerprint density at radius 2 is 2.29 bits per heavy atom. The van der Waals surface area contributed by atoms with Crippen LogP contribution in [-0.4, -0.2) is 31.2 Å². The number of nitrogens with zero attached hydrogens (tertiary/aromatic N) is 6. The lowest BCUT2D eigenvalue weighted by Gasteiger charge is -2.01. The lowest BCUT2D eigenvalue weighted by Crippen LogP contribution is -2.12. The quantitative estimate of drug-likeness (QED) is 0.707. The molecule has 3 heterocycles. The van der Waals surface area contributed by atoms with Gasteiger partial charge in [-0.1, -0.05) is 17.8 Å². The van der Waals surface area contributed by atoms with Crippen LogP contribution in [0.5, 0.6) is 0 Å². The maximum absolute atomic E-state index is 9.37. The van der Waals surface area contributed by atoms with Crippen LogP contribution in [0.25, 0.3) is 5.52 Å². The predicted molar refractivity (Wildman–Crippen MR) is 78.5 cm³/mol. The highest BCUT2D eigenvalue weighted by Gasteiger charge is 2.12. The van der Waals surface area contributed by atoms with Gasteiger partial charge in [-0.05, 0) is 28.1 Å². The number of aromatic nitrogens is 5. The van der Waals surface area contributed by atoms with Crippen molar-refractivity contribution in [2.45, 2.75) is 17.5 Å². The van der Waals surface area contributed by atoms with Crippen molar-refractivity contribution >= 4 is 17.3 Å². The Labute approximate surface area is 125 Å². The second-order valence-corrected chi connectivity index (χ2v) is 5.34. The predicted octanol–water partition coefficient (Wildman–Crippen LogP) is 1.05. The molecule has 0 aliphatic carbocycles. The Morgan fingerprint density at radius 1 is 1.38 bits per heavy atom. The van der Waals surface area contributed by atoms with Gasteiger partial charge in [0.25, 0.3) is 0 Å². The van der Waals surface area contributed by atoms with Gasteiger partial charge in [0, 0.05) is 24.7 Å². The molecule has 0 saturated heterocycles. The Kier molecular flexibility index (Phi) is 3.85. The van der Waals surface area contributed by atoms with E-state index >= 15 is 0 Å². The van der Waals surface area contributed by atoms with E-state index in [-0.39, 0.29) is 0 Å². The van der Waals surface area contributed by atoms with E-state index < -0.39 is 0 Å². The van der Waals surface area contributed by atoms with E-state index in [1.165, 1.54) is 11.8 Å². The van der Waals surface area contributed by atoms with E-state index in [1.807, 2.05) is 35.0 Å². The molecule has 0 aromatic carbocycles. The minimum atomic E-state index is 0.484. The van der Waals surface area contributed by atoms with Crippen molar-refractivity contribution in [3.8, 4) is 6.07 Å². The number of pyridine rings is 1. The van der Waals surface area contributed by atoms with Crippen LogP contribution in [0.2, 0.25) is 0 Å². The molecule has 0 saturated carbocycles. The van der Waals surface area contributed by atoms with E-state index in [0.29, 0.717) is 29.6 Å². The number of hydrogen-bond acceptors (Lipinski definition) is 6. The smallest absolute Gasteiger partial charge is 0.209 e. The standard InChI is InChI=1S/C13H13N7S/c14-4-6-20-13(16-17-18-20)21-9-10-8-19-5-2-1-3-12(19)11(10)7-15/h1-3,5,8H,4,6,9,14H2. The highest BCUT2D eigenvalue weighted by atomic mass is 32.2. The average molecular weight is 299 g/mol. The monoisotopic (exact) mass is 299 g/mol. The van der Waals surface area contributed by atoms with Crippen LogP contribution < -0.4 is 5.73 Å². The van der Waals surface area contributed by atoms with Gasteiger partial charge in [-0.25, -0.2) is 4.68 Å². The first-order valence-corrected chi connectivity index (χ1v) is 7.39. The van der Waals surface area contributed by atoms with Crippen LogP contribution in [0.4, 0.5) is 0 Å². The molecule has 0 fully saturated rings. The molecule has 0 unspecified atom stereocenters. The first-order chi connectivity index (χ1) is 10.3. The highest BCUT2D eigenvalue weighted by molar-refractivity contribution is 7.98. The maximum Gasteiger partial charge on any atom is 0.209 e. The normalized spacial score (nSPS) is 10.9. The lowest BCUT2D eigenvalue weighted by atomic mass is 10.2.